The Morgan fingerprint density at radius 2 is 2.12 bits per heavy atom. The maximum absolute atomic E-state index is 2.27. The molecule has 0 heterocycles. The van der Waals surface area contributed by atoms with Crippen LogP contribution in [0.3, 0.4) is 0 Å². The first-order chi connectivity index (χ1) is 3.91. The van der Waals surface area contributed by atoms with Gasteiger partial charge in [-0.15, -0.1) is 0 Å². The van der Waals surface area contributed by atoms with Crippen LogP contribution in [0.25, 0.3) is 0 Å². The molecule has 2 heteroatoms. The van der Waals surface area contributed by atoms with Crippen molar-refractivity contribution >= 4 is 26.7 Å². The van der Waals surface area contributed by atoms with E-state index in [1.165, 1.54) is 22.1 Å². The Morgan fingerprint density at radius 1 is 1.38 bits per heavy atom. The van der Waals surface area contributed by atoms with Crippen LogP contribution in [-0.4, -0.2) is 26.5 Å². The molecule has 0 aromatic rings. The summed E-state index contributed by atoms with van der Waals surface area (Å²) in [7, 11) is 0. The van der Waals surface area contributed by atoms with Gasteiger partial charge in [0.15, 0.2) is 0 Å². The summed E-state index contributed by atoms with van der Waals surface area (Å²) in [6.07, 6.45) is 0. The summed E-state index contributed by atoms with van der Waals surface area (Å²) in [6.45, 7) is 4.50. The van der Waals surface area contributed by atoms with Crippen molar-refractivity contribution in [1.82, 2.24) is 0 Å². The van der Waals surface area contributed by atoms with Gasteiger partial charge in [0.25, 0.3) is 0 Å². The van der Waals surface area contributed by atoms with Crippen LogP contribution in [-0.2, 0) is 0 Å². The van der Waals surface area contributed by atoms with Crippen molar-refractivity contribution in [2.75, 3.05) is 11.5 Å². The normalized spacial score (nSPS) is 9.75. The molecule has 0 aliphatic heterocycles. The molecule has 0 amide bonds. The van der Waals surface area contributed by atoms with Gasteiger partial charge in [-0.2, -0.15) is 0 Å². The Labute approximate surface area is 63.0 Å². The van der Waals surface area contributed by atoms with Gasteiger partial charge >= 0.3 is 62.7 Å². The number of thioether (sulfide) groups is 1. The van der Waals surface area contributed by atoms with E-state index in [1.807, 2.05) is 0 Å². The summed E-state index contributed by atoms with van der Waals surface area (Å²) >= 11 is 3.01. The molecule has 0 aromatic heterocycles. The summed E-state index contributed by atoms with van der Waals surface area (Å²) in [5.41, 5.74) is 0. The van der Waals surface area contributed by atoms with Crippen LogP contribution in [0.1, 0.15) is 13.8 Å². The van der Waals surface area contributed by atoms with Crippen LogP contribution in [0.15, 0.2) is 0 Å². The van der Waals surface area contributed by atoms with Gasteiger partial charge in [0.05, 0.1) is 0 Å². The molecule has 0 unspecified atom stereocenters. The van der Waals surface area contributed by atoms with E-state index < -0.39 is 0 Å². The average Bonchev–Trinajstić information content (AvgIpc) is 1.81. The molecule has 0 saturated carbocycles. The van der Waals surface area contributed by atoms with E-state index in [0.717, 1.165) is 15.0 Å². The molecule has 0 aliphatic rings. The molecule has 0 aliphatic carbocycles. The molecule has 0 bridgehead atoms. The minimum atomic E-state index is 0.947. The third-order valence-corrected chi connectivity index (χ3v) is 4.16. The van der Waals surface area contributed by atoms with Crippen LogP contribution in [0.2, 0.25) is 10.6 Å². The Hall–Kier alpha value is 0.869. The van der Waals surface area contributed by atoms with Crippen molar-refractivity contribution in [3.8, 4) is 0 Å². The van der Waals surface area contributed by atoms with Crippen LogP contribution >= 0.6 is 11.8 Å². The third kappa shape index (κ3) is 6.87. The molecule has 8 heavy (non-hydrogen) atoms. The minimum absolute atomic E-state index is 0.947. The standard InChI is InChI=1S/C6H14SSe/c1-3-7-5-6-8-4-2/h3-6H2,1-2H3. The van der Waals surface area contributed by atoms with Crippen molar-refractivity contribution < 1.29 is 0 Å². The van der Waals surface area contributed by atoms with Crippen LogP contribution in [0.4, 0.5) is 0 Å². The first-order valence-corrected chi connectivity index (χ1v) is 6.65. The summed E-state index contributed by atoms with van der Waals surface area (Å²) in [4.78, 5) is 0. The summed E-state index contributed by atoms with van der Waals surface area (Å²) in [5.74, 6) is 2.68. The molecule has 0 radical (unpaired) electrons. The molecule has 0 N–H and O–H groups in total. The predicted octanol–water partition coefficient (Wildman–Crippen LogP) is 2.30. The van der Waals surface area contributed by atoms with Gasteiger partial charge in [0.2, 0.25) is 0 Å². The molecular weight excluding hydrogens is 183 g/mol. The van der Waals surface area contributed by atoms with Crippen molar-refractivity contribution in [3.05, 3.63) is 0 Å². The van der Waals surface area contributed by atoms with Gasteiger partial charge in [-0.25, -0.2) is 0 Å². The predicted molar refractivity (Wildman–Crippen MR) is 44.0 cm³/mol. The van der Waals surface area contributed by atoms with Crippen molar-refractivity contribution in [2.45, 2.75) is 24.5 Å². The quantitative estimate of drug-likeness (QED) is 0.481. The first kappa shape index (κ1) is 8.87. The fourth-order valence-corrected chi connectivity index (χ4v) is 3.02. The topological polar surface area (TPSA) is 0 Å². The molecule has 0 spiro atoms. The third-order valence-electron chi connectivity index (χ3n) is 0.780. The van der Waals surface area contributed by atoms with Crippen molar-refractivity contribution in [1.29, 1.82) is 0 Å². The zero-order chi connectivity index (χ0) is 6.24. The van der Waals surface area contributed by atoms with Crippen LogP contribution < -0.4 is 0 Å². The molecule has 0 aromatic carbocycles. The zero-order valence-electron chi connectivity index (χ0n) is 5.64. The van der Waals surface area contributed by atoms with E-state index >= 15 is 0 Å². The van der Waals surface area contributed by atoms with Gasteiger partial charge in [-0.3, -0.25) is 0 Å². The van der Waals surface area contributed by atoms with Gasteiger partial charge in [0, 0.05) is 0 Å². The molecule has 50 valence electrons. The zero-order valence-corrected chi connectivity index (χ0v) is 8.17. The second kappa shape index (κ2) is 7.87. The molecule has 0 rings (SSSR count). The second-order valence-corrected chi connectivity index (χ2v) is 5.71. The fourth-order valence-electron chi connectivity index (χ4n) is 0.407. The molecular formula is C6H14SSe. The van der Waals surface area contributed by atoms with Crippen molar-refractivity contribution in [3.63, 3.8) is 0 Å². The van der Waals surface area contributed by atoms with Crippen molar-refractivity contribution in [2.24, 2.45) is 0 Å². The summed E-state index contributed by atoms with van der Waals surface area (Å²) in [6, 6.07) is 0. The fraction of sp³-hybridized carbons (Fsp3) is 1.00. The summed E-state index contributed by atoms with van der Waals surface area (Å²) < 4.78 is 0. The number of rotatable bonds is 5. The molecule has 0 nitrogen and oxygen atoms in total. The monoisotopic (exact) mass is 198 g/mol. The van der Waals surface area contributed by atoms with E-state index in [1.54, 1.807) is 0 Å². The Bertz CT molecular complexity index is 33.5. The molecule has 0 fully saturated rings. The van der Waals surface area contributed by atoms with Crippen LogP contribution in [0.5, 0.6) is 0 Å². The Balaban J connectivity index is 2.53. The number of hydrogen-bond donors (Lipinski definition) is 0. The Kier molecular flexibility index (Phi) is 8.72. The van der Waals surface area contributed by atoms with Gasteiger partial charge in [0.1, 0.15) is 0 Å². The van der Waals surface area contributed by atoms with E-state index in [0.29, 0.717) is 0 Å². The maximum atomic E-state index is 2.27. The van der Waals surface area contributed by atoms with E-state index in [2.05, 4.69) is 25.6 Å². The van der Waals surface area contributed by atoms with Crippen LogP contribution in [0, 0.1) is 0 Å². The van der Waals surface area contributed by atoms with E-state index in [4.69, 9.17) is 0 Å². The van der Waals surface area contributed by atoms with Gasteiger partial charge in [-0.05, 0) is 0 Å². The molecule has 0 saturated heterocycles. The second-order valence-electron chi connectivity index (χ2n) is 1.39. The molecule has 0 atom stereocenters. The Morgan fingerprint density at radius 3 is 2.62 bits per heavy atom. The number of hydrogen-bond acceptors (Lipinski definition) is 1. The van der Waals surface area contributed by atoms with E-state index in [-0.39, 0.29) is 0 Å². The van der Waals surface area contributed by atoms with Gasteiger partial charge < -0.3 is 0 Å². The summed E-state index contributed by atoms with van der Waals surface area (Å²) in [5, 5.41) is 2.89. The SMILES string of the molecule is CCSCC[Se]CC. The van der Waals surface area contributed by atoms with Gasteiger partial charge in [-0.1, -0.05) is 0 Å². The average molecular weight is 197 g/mol. The first-order valence-electron chi connectivity index (χ1n) is 3.07. The van der Waals surface area contributed by atoms with E-state index in [9.17, 15) is 0 Å².